The van der Waals surface area contributed by atoms with Gasteiger partial charge in [-0.2, -0.15) is 5.10 Å². The van der Waals surface area contributed by atoms with E-state index in [1.165, 1.54) is 12.1 Å². The first kappa shape index (κ1) is 18.3. The van der Waals surface area contributed by atoms with Gasteiger partial charge < -0.3 is 5.11 Å². The molecule has 148 valence electrons. The number of hydrogen-bond acceptors (Lipinski definition) is 4. The number of carboxylic acid groups (broad SMARTS) is 1. The van der Waals surface area contributed by atoms with Crippen molar-refractivity contribution in [2.45, 2.75) is 13.0 Å². The van der Waals surface area contributed by atoms with Crippen LogP contribution < -0.4 is 4.90 Å². The highest BCUT2D eigenvalue weighted by Crippen LogP contribution is 2.46. The molecular weight excluding hydrogens is 398 g/mol. The van der Waals surface area contributed by atoms with Gasteiger partial charge >= 0.3 is 5.97 Å². The average molecular weight is 415 g/mol. The number of nitrogens with one attached hydrogen (secondary N) is 1. The van der Waals surface area contributed by atoms with E-state index in [9.17, 15) is 14.7 Å². The third kappa shape index (κ3) is 2.83. The van der Waals surface area contributed by atoms with Crippen molar-refractivity contribution in [3.05, 3.63) is 93.3 Å². The van der Waals surface area contributed by atoms with Crippen molar-refractivity contribution in [1.82, 2.24) is 10.2 Å². The van der Waals surface area contributed by atoms with Crippen molar-refractivity contribution in [1.29, 1.82) is 0 Å². The minimum atomic E-state index is -1.000. The van der Waals surface area contributed by atoms with Crippen LogP contribution in [0.3, 0.4) is 0 Å². The minimum absolute atomic E-state index is 0.179. The van der Waals surface area contributed by atoms with Crippen LogP contribution in [0.4, 0.5) is 5.69 Å². The number of nitrogens with zero attached hydrogens (tertiary/aromatic N) is 2. The fourth-order valence-corrected chi connectivity index (χ4v) is 4.65. The Morgan fingerprint density at radius 3 is 2.47 bits per heavy atom. The highest BCUT2D eigenvalue weighted by atomic mass is 32.1. The number of rotatable bonds is 4. The van der Waals surface area contributed by atoms with Gasteiger partial charge in [0.2, 0.25) is 0 Å². The van der Waals surface area contributed by atoms with Gasteiger partial charge in [-0.05, 0) is 42.6 Å². The number of carboxylic acids is 1. The van der Waals surface area contributed by atoms with Crippen molar-refractivity contribution >= 4 is 28.9 Å². The Bertz CT molecular complexity index is 1240. The molecule has 0 radical (unpaired) electrons. The zero-order valence-electron chi connectivity index (χ0n) is 16.0. The van der Waals surface area contributed by atoms with E-state index >= 15 is 0 Å². The number of hydrogen-bond donors (Lipinski definition) is 2. The van der Waals surface area contributed by atoms with E-state index in [0.717, 1.165) is 27.3 Å². The van der Waals surface area contributed by atoms with Crippen LogP contribution in [0, 0.1) is 6.92 Å². The van der Waals surface area contributed by atoms with Gasteiger partial charge in [-0.1, -0.05) is 35.9 Å². The molecule has 5 rings (SSSR count). The van der Waals surface area contributed by atoms with E-state index in [1.54, 1.807) is 28.4 Å². The summed E-state index contributed by atoms with van der Waals surface area (Å²) in [5.41, 5.74) is 4.97. The van der Waals surface area contributed by atoms with Gasteiger partial charge in [0.05, 0.1) is 11.3 Å². The van der Waals surface area contributed by atoms with Crippen molar-refractivity contribution in [2.75, 3.05) is 4.90 Å². The van der Waals surface area contributed by atoms with E-state index in [1.807, 2.05) is 48.7 Å². The van der Waals surface area contributed by atoms with E-state index < -0.39 is 5.97 Å². The second-order valence-electron chi connectivity index (χ2n) is 7.17. The van der Waals surface area contributed by atoms with Gasteiger partial charge in [0.15, 0.2) is 0 Å². The maximum atomic E-state index is 13.4. The molecule has 4 aromatic rings. The first-order chi connectivity index (χ1) is 14.5. The molecule has 0 bridgehead atoms. The summed E-state index contributed by atoms with van der Waals surface area (Å²) in [6.45, 7) is 2.03. The molecule has 2 N–H and O–H groups in total. The molecule has 6 nitrogen and oxygen atoms in total. The molecule has 30 heavy (non-hydrogen) atoms. The van der Waals surface area contributed by atoms with E-state index in [-0.39, 0.29) is 17.5 Å². The van der Waals surface area contributed by atoms with Crippen molar-refractivity contribution < 1.29 is 14.7 Å². The largest absolute Gasteiger partial charge is 0.478 e. The fraction of sp³-hybridized carbons (Fsp3) is 0.0870. The Labute approximate surface area is 176 Å². The Morgan fingerprint density at radius 1 is 1.10 bits per heavy atom. The normalized spacial score (nSPS) is 15.4. The number of fused-ring (bicyclic) bond motifs is 1. The lowest BCUT2D eigenvalue weighted by molar-refractivity contribution is 0.0696. The first-order valence-electron chi connectivity index (χ1n) is 9.40. The topological polar surface area (TPSA) is 86.3 Å². The summed E-state index contributed by atoms with van der Waals surface area (Å²) in [6.07, 6.45) is 0. The Hall–Kier alpha value is -3.71. The summed E-state index contributed by atoms with van der Waals surface area (Å²) in [5.74, 6) is -1.18. The second kappa shape index (κ2) is 6.96. The van der Waals surface area contributed by atoms with E-state index in [2.05, 4.69) is 10.2 Å². The lowest BCUT2D eigenvalue weighted by Crippen LogP contribution is -2.28. The molecule has 0 fully saturated rings. The quantitative estimate of drug-likeness (QED) is 0.497. The molecule has 2 aromatic carbocycles. The Kier molecular flexibility index (Phi) is 4.25. The number of aryl methyl sites for hydroxylation is 1. The lowest BCUT2D eigenvalue weighted by Gasteiger charge is -2.25. The molecule has 2 aromatic heterocycles. The van der Waals surface area contributed by atoms with Gasteiger partial charge in [0.1, 0.15) is 11.7 Å². The molecule has 1 amide bonds. The summed E-state index contributed by atoms with van der Waals surface area (Å²) < 4.78 is 0. The summed E-state index contributed by atoms with van der Waals surface area (Å²) >= 11 is 1.57. The lowest BCUT2D eigenvalue weighted by atomic mass is 10.00. The molecule has 0 saturated carbocycles. The fourth-order valence-electron chi connectivity index (χ4n) is 3.83. The number of aromatic amines is 1. The van der Waals surface area contributed by atoms with Gasteiger partial charge in [0, 0.05) is 21.7 Å². The molecule has 1 atom stereocenters. The number of carbonyl (C=O) groups excluding carboxylic acids is 1. The summed E-state index contributed by atoms with van der Waals surface area (Å²) in [6, 6.07) is 18.1. The number of anilines is 1. The van der Waals surface area contributed by atoms with Crippen LogP contribution in [0.25, 0.3) is 11.3 Å². The number of aromatic nitrogens is 2. The van der Waals surface area contributed by atoms with Crippen molar-refractivity contribution in [2.24, 2.45) is 0 Å². The molecule has 0 saturated heterocycles. The highest BCUT2D eigenvalue weighted by molar-refractivity contribution is 7.10. The van der Waals surface area contributed by atoms with Crippen LogP contribution in [0.15, 0.2) is 66.0 Å². The molecule has 0 spiro atoms. The number of benzene rings is 2. The van der Waals surface area contributed by atoms with Gasteiger partial charge in [0.25, 0.3) is 5.91 Å². The monoisotopic (exact) mass is 415 g/mol. The highest BCUT2D eigenvalue weighted by Gasteiger charge is 2.43. The third-order valence-corrected chi connectivity index (χ3v) is 6.22. The van der Waals surface area contributed by atoms with Gasteiger partial charge in [-0.25, -0.2) is 4.79 Å². The number of amides is 1. The summed E-state index contributed by atoms with van der Waals surface area (Å²) in [5, 5.41) is 18.6. The molecule has 7 heteroatoms. The predicted molar refractivity (Wildman–Crippen MR) is 115 cm³/mol. The van der Waals surface area contributed by atoms with Crippen LogP contribution in [0.5, 0.6) is 0 Å². The summed E-state index contributed by atoms with van der Waals surface area (Å²) in [7, 11) is 0. The SMILES string of the molecule is Cc1ccc(-c2n[nH]c3c2[C@H](c2cccs2)N(c2ccc(C(=O)O)cc2)C3=O)cc1. The molecule has 1 aliphatic heterocycles. The van der Waals surface area contributed by atoms with Crippen LogP contribution >= 0.6 is 11.3 Å². The van der Waals surface area contributed by atoms with Crippen LogP contribution in [-0.4, -0.2) is 27.2 Å². The second-order valence-corrected chi connectivity index (χ2v) is 8.15. The molecule has 1 aliphatic rings. The zero-order valence-corrected chi connectivity index (χ0v) is 16.8. The average Bonchev–Trinajstić information content (AvgIpc) is 3.47. The standard InChI is InChI=1S/C23H17N3O3S/c1-13-4-6-14(7-5-13)19-18-20(25-24-19)22(27)26(21(18)17-3-2-12-30-17)16-10-8-15(9-11-16)23(28)29/h2-12,21H,1H3,(H,24,25)(H,28,29)/t21-/m0/s1. The summed E-state index contributed by atoms with van der Waals surface area (Å²) in [4.78, 5) is 27.3. The van der Waals surface area contributed by atoms with Crippen molar-refractivity contribution in [3.63, 3.8) is 0 Å². The van der Waals surface area contributed by atoms with E-state index in [4.69, 9.17) is 0 Å². The maximum Gasteiger partial charge on any atom is 0.335 e. The van der Waals surface area contributed by atoms with Crippen LogP contribution in [-0.2, 0) is 0 Å². The van der Waals surface area contributed by atoms with Crippen LogP contribution in [0.1, 0.15) is 42.9 Å². The molecule has 0 unspecified atom stereocenters. The molecular formula is C23H17N3O3S. The molecule has 0 aliphatic carbocycles. The predicted octanol–water partition coefficient (Wildman–Crippen LogP) is 4.89. The smallest absolute Gasteiger partial charge is 0.335 e. The van der Waals surface area contributed by atoms with Crippen LogP contribution in [0.2, 0.25) is 0 Å². The van der Waals surface area contributed by atoms with E-state index in [0.29, 0.717) is 11.4 Å². The number of carbonyl (C=O) groups is 2. The Morgan fingerprint density at radius 2 is 1.83 bits per heavy atom. The van der Waals surface area contributed by atoms with Gasteiger partial charge in [-0.3, -0.25) is 14.8 Å². The van der Waals surface area contributed by atoms with Crippen molar-refractivity contribution in [3.8, 4) is 11.3 Å². The molecule has 3 heterocycles. The number of aromatic carboxylic acids is 1. The number of H-pyrrole nitrogens is 1. The minimum Gasteiger partial charge on any atom is -0.478 e. The maximum absolute atomic E-state index is 13.4. The first-order valence-corrected chi connectivity index (χ1v) is 10.3. The Balaban J connectivity index is 1.66. The zero-order chi connectivity index (χ0) is 20.8. The van der Waals surface area contributed by atoms with Gasteiger partial charge in [-0.15, -0.1) is 11.3 Å². The number of thiophene rings is 1. The third-order valence-electron chi connectivity index (χ3n) is 5.30.